The molecule has 3 aromatic rings. The largest absolute Gasteiger partial charge is 0.366 e. The van der Waals surface area contributed by atoms with Crippen LogP contribution in [0.2, 0.25) is 0 Å². The third-order valence-corrected chi connectivity index (χ3v) is 5.02. The smallest absolute Gasteiger partial charge is 0.248 e. The normalized spacial score (nSPS) is 16.1. The van der Waals surface area contributed by atoms with E-state index in [1.54, 1.807) is 12.1 Å². The van der Waals surface area contributed by atoms with Gasteiger partial charge in [0.2, 0.25) is 11.8 Å². The van der Waals surface area contributed by atoms with Gasteiger partial charge in [-0.05, 0) is 29.3 Å². The first-order valence-corrected chi connectivity index (χ1v) is 9.20. The molecule has 1 aliphatic heterocycles. The van der Waals surface area contributed by atoms with Gasteiger partial charge < -0.3 is 16.0 Å². The number of carbonyl (C=O) groups is 2. The van der Waals surface area contributed by atoms with Crippen LogP contribution < -0.4 is 16.0 Å². The van der Waals surface area contributed by atoms with Crippen molar-refractivity contribution in [2.75, 3.05) is 16.8 Å². The summed E-state index contributed by atoms with van der Waals surface area (Å²) in [5.74, 6) is -0.936. The van der Waals surface area contributed by atoms with E-state index >= 15 is 0 Å². The monoisotopic (exact) mass is 371 g/mol. The number of primary amides is 1. The Morgan fingerprint density at radius 2 is 1.68 bits per heavy atom. The van der Waals surface area contributed by atoms with Crippen LogP contribution in [0.1, 0.15) is 27.4 Å². The zero-order valence-electron chi connectivity index (χ0n) is 15.3. The number of benzene rings is 3. The maximum atomic E-state index is 13.0. The van der Waals surface area contributed by atoms with Crippen molar-refractivity contribution < 1.29 is 9.59 Å². The van der Waals surface area contributed by atoms with Crippen LogP contribution in [0.5, 0.6) is 0 Å². The number of hydrogen-bond donors (Lipinski definition) is 2. The highest BCUT2D eigenvalue weighted by molar-refractivity contribution is 6.03. The Bertz CT molecular complexity index is 1000. The predicted molar refractivity (Wildman–Crippen MR) is 110 cm³/mol. The molecule has 1 atom stereocenters. The Balaban J connectivity index is 1.76. The minimum absolute atomic E-state index is 0.0929. The molecular formula is C23H21N3O2. The molecule has 0 saturated heterocycles. The third kappa shape index (κ3) is 3.60. The molecule has 4 rings (SSSR count). The lowest BCUT2D eigenvalue weighted by molar-refractivity contribution is -0.117. The minimum Gasteiger partial charge on any atom is -0.366 e. The van der Waals surface area contributed by atoms with Gasteiger partial charge in [-0.25, -0.2) is 0 Å². The lowest BCUT2D eigenvalue weighted by atomic mass is 9.97. The Morgan fingerprint density at radius 1 is 1.00 bits per heavy atom. The summed E-state index contributed by atoms with van der Waals surface area (Å²) in [7, 11) is 0. The average molecular weight is 371 g/mol. The molecule has 0 fully saturated rings. The van der Waals surface area contributed by atoms with Crippen molar-refractivity contribution in [2.24, 2.45) is 5.73 Å². The van der Waals surface area contributed by atoms with Gasteiger partial charge in [0, 0.05) is 18.7 Å². The first-order valence-electron chi connectivity index (χ1n) is 9.20. The van der Waals surface area contributed by atoms with Crippen molar-refractivity contribution >= 4 is 23.2 Å². The second-order valence-electron chi connectivity index (χ2n) is 6.91. The molecule has 1 aliphatic rings. The molecule has 5 nitrogen and oxygen atoms in total. The maximum Gasteiger partial charge on any atom is 0.248 e. The highest BCUT2D eigenvalue weighted by Crippen LogP contribution is 2.35. The molecule has 0 aliphatic carbocycles. The summed E-state index contributed by atoms with van der Waals surface area (Å²) in [6.07, 6.45) is 0. The Labute approximate surface area is 163 Å². The van der Waals surface area contributed by atoms with Crippen LogP contribution in [0.15, 0.2) is 78.9 Å². The van der Waals surface area contributed by atoms with Crippen LogP contribution in [-0.4, -0.2) is 18.4 Å². The van der Waals surface area contributed by atoms with E-state index < -0.39 is 5.91 Å². The first kappa shape index (κ1) is 17.8. The molecule has 0 aromatic heterocycles. The lowest BCUT2D eigenvalue weighted by Gasteiger charge is -2.27. The van der Waals surface area contributed by atoms with E-state index in [1.165, 1.54) is 0 Å². The second kappa shape index (κ2) is 7.56. The van der Waals surface area contributed by atoms with Gasteiger partial charge in [0.05, 0.1) is 17.3 Å². The van der Waals surface area contributed by atoms with Gasteiger partial charge in [-0.15, -0.1) is 0 Å². The summed E-state index contributed by atoms with van der Waals surface area (Å²) in [5.41, 5.74) is 9.39. The molecule has 3 aromatic carbocycles. The highest BCUT2D eigenvalue weighted by Gasteiger charge is 2.29. The molecule has 1 heterocycles. The molecule has 0 spiro atoms. The van der Waals surface area contributed by atoms with Gasteiger partial charge in [0.25, 0.3) is 0 Å². The van der Waals surface area contributed by atoms with Gasteiger partial charge in [-0.3, -0.25) is 9.59 Å². The van der Waals surface area contributed by atoms with Crippen LogP contribution >= 0.6 is 0 Å². The molecular weight excluding hydrogens is 350 g/mol. The van der Waals surface area contributed by atoms with Crippen molar-refractivity contribution in [2.45, 2.75) is 12.5 Å². The second-order valence-corrected chi connectivity index (χ2v) is 6.91. The molecule has 5 heteroatoms. The van der Waals surface area contributed by atoms with E-state index in [4.69, 9.17) is 5.73 Å². The topological polar surface area (TPSA) is 75.4 Å². The zero-order valence-corrected chi connectivity index (χ0v) is 15.3. The molecule has 0 radical (unpaired) electrons. The van der Waals surface area contributed by atoms with Crippen molar-refractivity contribution in [1.29, 1.82) is 0 Å². The maximum absolute atomic E-state index is 13.0. The quantitative estimate of drug-likeness (QED) is 0.737. The molecule has 3 N–H and O–H groups in total. The fourth-order valence-corrected chi connectivity index (χ4v) is 3.58. The average Bonchev–Trinajstić information content (AvgIpc) is 2.85. The molecule has 1 unspecified atom stereocenters. The Morgan fingerprint density at radius 3 is 2.36 bits per heavy atom. The minimum atomic E-state index is -0.518. The Hall–Kier alpha value is -3.60. The van der Waals surface area contributed by atoms with Crippen LogP contribution in [-0.2, 0) is 11.3 Å². The van der Waals surface area contributed by atoms with Crippen molar-refractivity contribution in [1.82, 2.24) is 0 Å². The fourth-order valence-electron chi connectivity index (χ4n) is 3.58. The van der Waals surface area contributed by atoms with Crippen LogP contribution in [0, 0.1) is 0 Å². The molecule has 2 amide bonds. The predicted octanol–water partition coefficient (Wildman–Crippen LogP) is 3.53. The van der Waals surface area contributed by atoms with E-state index in [2.05, 4.69) is 22.3 Å². The van der Waals surface area contributed by atoms with E-state index in [-0.39, 0.29) is 11.8 Å². The number of carbonyl (C=O) groups excluding carboxylic acids is 2. The molecule has 0 saturated carbocycles. The fraction of sp³-hybridized carbons (Fsp3) is 0.130. The number of hydrogen-bond acceptors (Lipinski definition) is 3. The van der Waals surface area contributed by atoms with Gasteiger partial charge >= 0.3 is 0 Å². The summed E-state index contributed by atoms with van der Waals surface area (Å²) >= 11 is 0. The summed E-state index contributed by atoms with van der Waals surface area (Å²) in [4.78, 5) is 26.8. The van der Waals surface area contributed by atoms with Crippen LogP contribution in [0.4, 0.5) is 11.4 Å². The number of nitrogens with two attached hydrogens (primary N) is 1. The first-order chi connectivity index (χ1) is 13.6. The van der Waals surface area contributed by atoms with E-state index in [0.717, 1.165) is 16.8 Å². The van der Waals surface area contributed by atoms with E-state index in [0.29, 0.717) is 24.3 Å². The number of nitrogens with zero attached hydrogens (tertiary/aromatic N) is 1. The van der Waals surface area contributed by atoms with Gasteiger partial charge in [-0.2, -0.15) is 0 Å². The molecule has 140 valence electrons. The van der Waals surface area contributed by atoms with Gasteiger partial charge in [0.1, 0.15) is 0 Å². The highest BCUT2D eigenvalue weighted by atomic mass is 16.2. The van der Waals surface area contributed by atoms with Crippen LogP contribution in [0.3, 0.4) is 0 Å². The summed E-state index contributed by atoms with van der Waals surface area (Å²) in [5, 5.41) is 2.99. The Kier molecular flexibility index (Phi) is 4.81. The van der Waals surface area contributed by atoms with E-state index in [1.807, 2.05) is 54.6 Å². The lowest BCUT2D eigenvalue weighted by Crippen LogP contribution is -2.30. The van der Waals surface area contributed by atoms with Crippen molar-refractivity contribution in [3.8, 4) is 0 Å². The van der Waals surface area contributed by atoms with E-state index in [9.17, 15) is 9.59 Å². The van der Waals surface area contributed by atoms with Crippen molar-refractivity contribution in [3.63, 3.8) is 0 Å². The number of amides is 2. The summed E-state index contributed by atoms with van der Waals surface area (Å²) in [6.45, 7) is 1.19. The van der Waals surface area contributed by atoms with Gasteiger partial charge in [-0.1, -0.05) is 60.7 Å². The van der Waals surface area contributed by atoms with Crippen molar-refractivity contribution in [3.05, 3.63) is 95.6 Å². The number of anilines is 2. The number of nitrogens with one attached hydrogen (secondary N) is 1. The molecule has 0 bridgehead atoms. The number of rotatable bonds is 4. The summed E-state index contributed by atoms with van der Waals surface area (Å²) < 4.78 is 0. The van der Waals surface area contributed by atoms with Crippen LogP contribution in [0.25, 0.3) is 0 Å². The standard InChI is InChI=1S/C23H21N3O2/c24-22(27)18-11-12-21-20(13-18)25-23(28)19(17-9-5-2-6-10-17)15-26(21)14-16-7-3-1-4-8-16/h1-13,19H,14-15H2,(H2,24,27)(H,25,28). The molecule has 28 heavy (non-hydrogen) atoms. The summed E-state index contributed by atoms with van der Waals surface area (Å²) in [6, 6.07) is 25.1. The SMILES string of the molecule is NC(=O)c1ccc2c(c1)NC(=O)C(c1ccccc1)CN2Cc1ccccc1. The third-order valence-electron chi connectivity index (χ3n) is 5.02. The number of fused-ring (bicyclic) bond motifs is 1. The van der Waals surface area contributed by atoms with Gasteiger partial charge in [0.15, 0.2) is 0 Å². The zero-order chi connectivity index (χ0) is 19.5.